The number of nitrogens with zero attached hydrogens (tertiary/aromatic N) is 2. The first kappa shape index (κ1) is 10.6. The summed E-state index contributed by atoms with van der Waals surface area (Å²) in [4.78, 5) is 0. The maximum Gasteiger partial charge on any atom is 0.234 e. The molecule has 1 heterocycles. The van der Waals surface area contributed by atoms with Gasteiger partial charge in [0, 0.05) is 12.3 Å². The third-order valence-corrected chi connectivity index (χ3v) is 1.96. The quantitative estimate of drug-likeness (QED) is 0.802. The number of halogens is 1. The van der Waals surface area contributed by atoms with E-state index in [1.165, 1.54) is 12.1 Å². The number of rotatable bonds is 3. The van der Waals surface area contributed by atoms with E-state index in [2.05, 4.69) is 5.10 Å². The molecule has 5 heteroatoms. The highest BCUT2D eigenvalue weighted by Gasteiger charge is 2.03. The van der Waals surface area contributed by atoms with E-state index in [-0.39, 0.29) is 5.82 Å². The molecule has 0 fully saturated rings. The van der Waals surface area contributed by atoms with Crippen LogP contribution in [0, 0.1) is 5.82 Å². The van der Waals surface area contributed by atoms with Gasteiger partial charge in [0.1, 0.15) is 12.0 Å². The molecule has 1 atom stereocenters. The van der Waals surface area contributed by atoms with Crippen LogP contribution < -0.4 is 10.5 Å². The van der Waals surface area contributed by atoms with Gasteiger partial charge in [-0.25, -0.2) is 9.07 Å². The van der Waals surface area contributed by atoms with E-state index in [9.17, 15) is 4.39 Å². The van der Waals surface area contributed by atoms with Gasteiger partial charge in [-0.2, -0.15) is 0 Å². The fourth-order valence-electron chi connectivity index (χ4n) is 1.30. The normalized spacial score (nSPS) is 12.4. The molecule has 0 saturated heterocycles. The molecule has 0 aliphatic rings. The molecule has 84 valence electrons. The predicted octanol–water partition coefficient (Wildman–Crippen LogP) is 1.69. The molecule has 2 N–H and O–H groups in total. The van der Waals surface area contributed by atoms with Crippen molar-refractivity contribution >= 4 is 0 Å². The zero-order valence-corrected chi connectivity index (χ0v) is 8.80. The summed E-state index contributed by atoms with van der Waals surface area (Å²) in [6.45, 7) is 1.72. The summed E-state index contributed by atoms with van der Waals surface area (Å²) < 4.78 is 19.5. The zero-order chi connectivity index (χ0) is 11.5. The minimum absolute atomic E-state index is 0.275. The highest BCUT2D eigenvalue weighted by Crippen LogP contribution is 2.12. The highest BCUT2D eigenvalue weighted by molar-refractivity contribution is 5.31. The van der Waals surface area contributed by atoms with Crippen LogP contribution in [0.25, 0.3) is 5.69 Å². The Labute approximate surface area is 92.4 Å². The maximum atomic E-state index is 12.7. The van der Waals surface area contributed by atoms with Gasteiger partial charge in [0.2, 0.25) is 5.88 Å². The molecule has 0 aliphatic carbocycles. The second-order valence-electron chi connectivity index (χ2n) is 3.40. The second kappa shape index (κ2) is 4.32. The fraction of sp³-hybridized carbons (Fsp3) is 0.182. The molecular formula is C11H12FN3O. The first-order valence-corrected chi connectivity index (χ1v) is 4.89. The van der Waals surface area contributed by atoms with E-state index in [1.807, 2.05) is 0 Å². The largest absolute Gasteiger partial charge is 0.458 e. The summed E-state index contributed by atoms with van der Waals surface area (Å²) in [7, 11) is 0. The summed E-state index contributed by atoms with van der Waals surface area (Å²) in [5.74, 6) is 0.169. The van der Waals surface area contributed by atoms with Crippen LogP contribution in [0.2, 0.25) is 0 Å². The Bertz CT molecular complexity index is 464. The summed E-state index contributed by atoms with van der Waals surface area (Å²) in [5, 5.41) is 4.14. The van der Waals surface area contributed by atoms with Gasteiger partial charge >= 0.3 is 0 Å². The predicted molar refractivity (Wildman–Crippen MR) is 57.8 cm³/mol. The van der Waals surface area contributed by atoms with Crippen LogP contribution in [0.1, 0.15) is 6.92 Å². The van der Waals surface area contributed by atoms with E-state index in [0.29, 0.717) is 5.88 Å². The van der Waals surface area contributed by atoms with Gasteiger partial charge in [0.05, 0.1) is 5.69 Å². The van der Waals surface area contributed by atoms with E-state index in [1.54, 1.807) is 36.0 Å². The zero-order valence-electron chi connectivity index (χ0n) is 8.80. The van der Waals surface area contributed by atoms with Crippen LogP contribution >= 0.6 is 0 Å². The summed E-state index contributed by atoms with van der Waals surface area (Å²) in [5.41, 5.74) is 6.24. The average Bonchev–Trinajstić information content (AvgIpc) is 2.66. The van der Waals surface area contributed by atoms with Gasteiger partial charge in [0.25, 0.3) is 0 Å². The Hall–Kier alpha value is -1.88. The van der Waals surface area contributed by atoms with Crippen LogP contribution in [0.3, 0.4) is 0 Å². The lowest BCUT2D eigenvalue weighted by atomic mass is 10.3. The molecule has 0 aliphatic heterocycles. The van der Waals surface area contributed by atoms with E-state index in [4.69, 9.17) is 10.5 Å². The summed E-state index contributed by atoms with van der Waals surface area (Å²) >= 11 is 0. The number of nitrogens with two attached hydrogens (primary N) is 1. The average molecular weight is 221 g/mol. The Morgan fingerprint density at radius 3 is 2.62 bits per heavy atom. The molecule has 1 aromatic heterocycles. The molecule has 2 aromatic rings. The lowest BCUT2D eigenvalue weighted by molar-refractivity contribution is 0.219. The topological polar surface area (TPSA) is 53.1 Å². The number of aromatic nitrogens is 2. The van der Waals surface area contributed by atoms with Gasteiger partial charge in [-0.3, -0.25) is 5.73 Å². The highest BCUT2D eigenvalue weighted by atomic mass is 19.1. The van der Waals surface area contributed by atoms with Crippen LogP contribution in [0.4, 0.5) is 4.39 Å². The van der Waals surface area contributed by atoms with Crippen molar-refractivity contribution < 1.29 is 9.13 Å². The van der Waals surface area contributed by atoms with Crippen molar-refractivity contribution in [2.75, 3.05) is 0 Å². The van der Waals surface area contributed by atoms with Crippen molar-refractivity contribution in [1.29, 1.82) is 0 Å². The standard InChI is InChI=1S/C11H12FN3O/c1-8(13)16-11-6-7-15(14-11)10-4-2-9(12)3-5-10/h2-8H,13H2,1H3. The minimum atomic E-state index is -0.406. The Morgan fingerprint density at radius 2 is 2.00 bits per heavy atom. The molecule has 0 spiro atoms. The van der Waals surface area contributed by atoms with Crippen molar-refractivity contribution in [3.05, 3.63) is 42.3 Å². The van der Waals surface area contributed by atoms with Crippen LogP contribution in [0.5, 0.6) is 5.88 Å². The summed E-state index contributed by atoms with van der Waals surface area (Å²) in [6, 6.07) is 7.73. The number of hydrogen-bond acceptors (Lipinski definition) is 3. The number of hydrogen-bond donors (Lipinski definition) is 1. The SMILES string of the molecule is CC(N)Oc1ccn(-c2ccc(F)cc2)n1. The molecule has 0 bridgehead atoms. The van der Waals surface area contributed by atoms with Gasteiger partial charge < -0.3 is 4.74 Å². The van der Waals surface area contributed by atoms with E-state index in [0.717, 1.165) is 5.69 Å². The van der Waals surface area contributed by atoms with Crippen LogP contribution in [-0.2, 0) is 0 Å². The molecule has 2 rings (SSSR count). The van der Waals surface area contributed by atoms with Crippen molar-refractivity contribution in [2.24, 2.45) is 5.73 Å². The number of ether oxygens (including phenoxy) is 1. The molecule has 0 amide bonds. The smallest absolute Gasteiger partial charge is 0.234 e. The van der Waals surface area contributed by atoms with Crippen molar-refractivity contribution in [3.63, 3.8) is 0 Å². The lowest BCUT2D eigenvalue weighted by Gasteiger charge is -2.05. The first-order valence-electron chi connectivity index (χ1n) is 4.89. The Morgan fingerprint density at radius 1 is 1.31 bits per heavy atom. The Kier molecular flexibility index (Phi) is 2.87. The molecule has 16 heavy (non-hydrogen) atoms. The van der Waals surface area contributed by atoms with Gasteiger partial charge in [-0.05, 0) is 31.2 Å². The van der Waals surface area contributed by atoms with Crippen LogP contribution in [-0.4, -0.2) is 16.0 Å². The molecule has 1 unspecified atom stereocenters. The Balaban J connectivity index is 2.21. The maximum absolute atomic E-state index is 12.7. The molecule has 0 saturated carbocycles. The van der Waals surface area contributed by atoms with Crippen molar-refractivity contribution in [2.45, 2.75) is 13.2 Å². The van der Waals surface area contributed by atoms with E-state index >= 15 is 0 Å². The molecule has 0 radical (unpaired) electrons. The van der Waals surface area contributed by atoms with Gasteiger partial charge in [-0.15, -0.1) is 5.10 Å². The number of benzene rings is 1. The minimum Gasteiger partial charge on any atom is -0.458 e. The third-order valence-electron chi connectivity index (χ3n) is 1.96. The lowest BCUT2D eigenvalue weighted by Crippen LogP contribution is -2.22. The molecule has 1 aromatic carbocycles. The van der Waals surface area contributed by atoms with E-state index < -0.39 is 6.23 Å². The third kappa shape index (κ3) is 2.38. The first-order chi connectivity index (χ1) is 7.65. The van der Waals surface area contributed by atoms with Crippen LogP contribution in [0.15, 0.2) is 36.5 Å². The molecular weight excluding hydrogens is 209 g/mol. The van der Waals surface area contributed by atoms with Crippen molar-refractivity contribution in [1.82, 2.24) is 9.78 Å². The second-order valence-corrected chi connectivity index (χ2v) is 3.40. The van der Waals surface area contributed by atoms with Gasteiger partial charge in [-0.1, -0.05) is 0 Å². The fourth-order valence-corrected chi connectivity index (χ4v) is 1.30. The van der Waals surface area contributed by atoms with Gasteiger partial charge in [0.15, 0.2) is 0 Å². The van der Waals surface area contributed by atoms with Crippen molar-refractivity contribution in [3.8, 4) is 11.6 Å². The molecule has 4 nitrogen and oxygen atoms in total. The summed E-state index contributed by atoms with van der Waals surface area (Å²) in [6.07, 6.45) is 1.32. The monoisotopic (exact) mass is 221 g/mol.